The zero-order valence-corrected chi connectivity index (χ0v) is 61.4. The van der Waals surface area contributed by atoms with Gasteiger partial charge in [-0.1, -0.05) is 95.0 Å². The summed E-state index contributed by atoms with van der Waals surface area (Å²) >= 11 is 19.0. The Balaban J connectivity index is 0.000000181. The van der Waals surface area contributed by atoms with E-state index in [2.05, 4.69) is 30.9 Å². The van der Waals surface area contributed by atoms with Gasteiger partial charge in [0.25, 0.3) is 31.9 Å². The Morgan fingerprint density at radius 2 is 0.881 bits per heavy atom. The third-order valence-corrected chi connectivity index (χ3v) is 21.0. The number of nitrogens with one attached hydrogen (secondary N) is 3. The van der Waals surface area contributed by atoms with Crippen molar-refractivity contribution in [3.63, 3.8) is 0 Å². The number of para-hydroxylation sites is 2. The summed E-state index contributed by atoms with van der Waals surface area (Å²) < 4.78 is 67.9. The normalized spacial score (nSPS) is 13.9. The summed E-state index contributed by atoms with van der Waals surface area (Å²) in [5, 5.41) is 10.8. The Kier molecular flexibility index (Phi) is 22.7. The van der Waals surface area contributed by atoms with Gasteiger partial charge >= 0.3 is 12.2 Å². The summed E-state index contributed by atoms with van der Waals surface area (Å²) in [6.07, 6.45) is 4.86. The molecule has 0 saturated carbocycles. The molecular formula is C74H79Cl3N12O10S2. The van der Waals surface area contributed by atoms with Gasteiger partial charge < -0.3 is 30.3 Å². The summed E-state index contributed by atoms with van der Waals surface area (Å²) in [5.41, 5.74) is 13.0. The van der Waals surface area contributed by atoms with Crippen molar-refractivity contribution < 1.29 is 45.5 Å². The molecule has 0 bridgehead atoms. The molecule has 101 heavy (non-hydrogen) atoms. The number of nitrogens with zero attached hydrogens (tertiary/aromatic N) is 8. The van der Waals surface area contributed by atoms with E-state index in [0.29, 0.717) is 133 Å². The average molecular weight is 1470 g/mol. The average Bonchev–Trinajstić information content (AvgIpc) is 1.59. The van der Waals surface area contributed by atoms with Gasteiger partial charge in [-0.15, -0.1) is 0 Å². The Morgan fingerprint density at radius 1 is 0.505 bits per heavy atom. The number of ether oxygens (including phenoxy) is 2. The van der Waals surface area contributed by atoms with E-state index in [1.54, 1.807) is 182 Å². The van der Waals surface area contributed by atoms with Gasteiger partial charge in [-0.05, 0) is 191 Å². The first kappa shape index (κ1) is 74.3. The zero-order chi connectivity index (χ0) is 72.9. The number of aromatic nitrogens is 6. The molecule has 4 aromatic heterocycles. The van der Waals surface area contributed by atoms with E-state index >= 15 is 0 Å². The van der Waals surface area contributed by atoms with Crippen LogP contribution in [0.25, 0.3) is 44.3 Å². The van der Waals surface area contributed by atoms with Gasteiger partial charge in [0.2, 0.25) is 11.2 Å². The Labute approximate surface area is 602 Å². The molecule has 0 spiro atoms. The molecule has 27 heteroatoms. The second kappa shape index (κ2) is 30.8. The highest BCUT2D eigenvalue weighted by Gasteiger charge is 2.31. The SMILES string of the molecule is CC(C)(C)OC(=O)Nc1ccc(C(=O)N2CCC(N)CC2)cc1.Cc1ccc(S(=O)(=O)n2c(C)c(-c3nc(Cl)ncc3Cl)c3ccccc32)cc1.Cc1ccc(S(=O)(=O)n2c(C)c(-c3nc(NC4CCN(C(=O)c5ccc(NC(=O)OC(C)(C)C)cc5)CC4)ncc3Cl)c3ccccc32)cc1. The summed E-state index contributed by atoms with van der Waals surface area (Å²) in [5.74, 6) is 0.269. The second-order valence-corrected chi connectivity index (χ2v) is 31.3. The molecular weight excluding hydrogens is 1390 g/mol. The number of hydrogen-bond acceptors (Lipinski definition) is 16. The number of piperidine rings is 2. The van der Waals surface area contributed by atoms with Crippen molar-refractivity contribution in [2.24, 2.45) is 5.73 Å². The molecule has 10 aromatic rings. The second-order valence-electron chi connectivity index (χ2n) is 26.6. The quantitative estimate of drug-likeness (QED) is 0.0827. The summed E-state index contributed by atoms with van der Waals surface area (Å²) in [6, 6.07) is 41.8. The van der Waals surface area contributed by atoms with Crippen LogP contribution in [0.1, 0.15) is 110 Å². The molecule has 2 aliphatic heterocycles. The highest BCUT2D eigenvalue weighted by atomic mass is 35.5. The smallest absolute Gasteiger partial charge is 0.412 e. The summed E-state index contributed by atoms with van der Waals surface area (Å²) in [4.78, 5) is 70.8. The molecule has 6 heterocycles. The maximum Gasteiger partial charge on any atom is 0.412 e. The lowest BCUT2D eigenvalue weighted by Crippen LogP contribution is -2.42. The number of fused-ring (bicyclic) bond motifs is 2. The van der Waals surface area contributed by atoms with Crippen LogP contribution in [0.5, 0.6) is 0 Å². The van der Waals surface area contributed by atoms with Crippen LogP contribution >= 0.6 is 34.8 Å². The number of aryl methyl sites for hydroxylation is 2. The van der Waals surface area contributed by atoms with Gasteiger partial charge in [0.15, 0.2) is 0 Å². The monoisotopic (exact) mass is 1460 g/mol. The molecule has 2 aliphatic rings. The fourth-order valence-electron chi connectivity index (χ4n) is 11.8. The van der Waals surface area contributed by atoms with Crippen LogP contribution in [0.4, 0.5) is 26.9 Å². The number of anilines is 3. The van der Waals surface area contributed by atoms with Crippen LogP contribution in [0.2, 0.25) is 15.3 Å². The predicted molar refractivity (Wildman–Crippen MR) is 396 cm³/mol. The van der Waals surface area contributed by atoms with E-state index in [0.717, 1.165) is 24.0 Å². The van der Waals surface area contributed by atoms with E-state index in [9.17, 15) is 36.0 Å². The van der Waals surface area contributed by atoms with E-state index in [1.165, 1.54) is 20.3 Å². The molecule has 6 aromatic carbocycles. The molecule has 528 valence electrons. The number of amides is 4. The van der Waals surface area contributed by atoms with Crippen LogP contribution < -0.4 is 21.7 Å². The van der Waals surface area contributed by atoms with Crippen LogP contribution in [-0.4, -0.2) is 128 Å². The number of carbonyl (C=O) groups is 4. The zero-order valence-electron chi connectivity index (χ0n) is 57.5. The third-order valence-electron chi connectivity index (χ3n) is 16.7. The maximum atomic E-state index is 13.9. The lowest BCUT2D eigenvalue weighted by atomic mass is 10.0. The highest BCUT2D eigenvalue weighted by molar-refractivity contribution is 7.90. The van der Waals surface area contributed by atoms with Gasteiger partial charge in [0.05, 0.1) is 54.7 Å². The van der Waals surface area contributed by atoms with Crippen LogP contribution in [-0.2, 0) is 29.5 Å². The van der Waals surface area contributed by atoms with Crippen molar-refractivity contribution in [2.45, 2.75) is 128 Å². The van der Waals surface area contributed by atoms with Gasteiger partial charge in [-0.3, -0.25) is 20.2 Å². The van der Waals surface area contributed by atoms with Crippen molar-refractivity contribution in [1.82, 2.24) is 37.7 Å². The molecule has 12 rings (SSSR count). The minimum Gasteiger partial charge on any atom is -0.444 e. The molecule has 0 aliphatic carbocycles. The van der Waals surface area contributed by atoms with Crippen molar-refractivity contribution >= 4 is 118 Å². The van der Waals surface area contributed by atoms with Crippen molar-refractivity contribution in [3.8, 4) is 22.5 Å². The molecule has 0 unspecified atom stereocenters. The predicted octanol–water partition coefficient (Wildman–Crippen LogP) is 15.5. The fraction of sp³-hybridized carbons (Fsp3) is 0.297. The van der Waals surface area contributed by atoms with Crippen LogP contribution in [0.3, 0.4) is 0 Å². The summed E-state index contributed by atoms with van der Waals surface area (Å²) in [6.45, 7) is 20.5. The topological polar surface area (TPSA) is 285 Å². The van der Waals surface area contributed by atoms with E-state index in [1.807, 2.05) is 43.0 Å². The molecule has 4 amide bonds. The van der Waals surface area contributed by atoms with Gasteiger partial charge in [0, 0.05) is 94.1 Å². The van der Waals surface area contributed by atoms with Crippen molar-refractivity contribution in [2.75, 3.05) is 42.1 Å². The Morgan fingerprint density at radius 3 is 1.29 bits per heavy atom. The number of likely N-dealkylation sites (tertiary alicyclic amines) is 2. The number of carbonyl (C=O) groups excluding carboxylic acids is 4. The van der Waals surface area contributed by atoms with Crippen LogP contribution in [0, 0.1) is 27.7 Å². The van der Waals surface area contributed by atoms with Gasteiger partial charge in [-0.2, -0.15) is 0 Å². The van der Waals surface area contributed by atoms with E-state index in [4.69, 9.17) is 55.0 Å². The first-order chi connectivity index (χ1) is 47.8. The fourth-order valence-corrected chi connectivity index (χ4v) is 15.4. The molecule has 5 N–H and O–H groups in total. The lowest BCUT2D eigenvalue weighted by Gasteiger charge is -2.32. The minimum absolute atomic E-state index is 0.000665. The lowest BCUT2D eigenvalue weighted by molar-refractivity contribution is 0.0624. The standard InChI is InChI=1S/C37H39ClN6O5S.C20H15Cl2N3O2S.C17H25N3O3/c1-23-10-16-28(17-11-23)50(47,48)44-24(2)32(29-8-6-7-9-31(29)44)33-30(38)22-39-35(42-33)40-27-18-20-43(21-19-27)34(45)25-12-14-26(15-13-25)41-36(46)49-37(3,4)5;1-12-7-9-14(10-8-12)28(26,27)25-13(2)18(15-5-3-4-6-17(15)25)19-16(21)11-23-20(22)24-19;1-17(2,3)23-16(22)19-14-6-4-12(5-7-14)15(21)20-10-8-13(18)9-11-20/h6-17,22,27H,18-21H2,1-5H3,(H,41,46)(H,39,40,42);3-11H,1-2H3;4-7,13H,8-11,18H2,1-3H3,(H,19,22). The largest absolute Gasteiger partial charge is 0.444 e. The van der Waals surface area contributed by atoms with Crippen LogP contribution in [0.15, 0.2) is 168 Å². The maximum absolute atomic E-state index is 13.9. The van der Waals surface area contributed by atoms with Crippen molar-refractivity contribution in [3.05, 3.63) is 207 Å². The molecule has 22 nitrogen and oxygen atoms in total. The van der Waals surface area contributed by atoms with Crippen molar-refractivity contribution in [1.29, 1.82) is 0 Å². The van der Waals surface area contributed by atoms with Gasteiger partial charge in [-0.25, -0.2) is 54.3 Å². The molecule has 2 fully saturated rings. The molecule has 0 atom stereocenters. The number of halogens is 3. The number of nitrogens with two attached hydrogens (primary N) is 1. The number of rotatable bonds is 12. The first-order valence-corrected chi connectivity index (χ1v) is 36.6. The highest BCUT2D eigenvalue weighted by Crippen LogP contribution is 2.41. The number of hydrogen-bond donors (Lipinski definition) is 4. The summed E-state index contributed by atoms with van der Waals surface area (Å²) in [7, 11) is -7.76. The van der Waals surface area contributed by atoms with E-state index < -0.39 is 43.4 Å². The minimum atomic E-state index is -3.93. The number of benzene rings is 6. The Hall–Kier alpha value is -9.43. The molecule has 2 saturated heterocycles. The molecule has 0 radical (unpaired) electrons. The Bertz CT molecular complexity index is 4950. The first-order valence-electron chi connectivity index (χ1n) is 32.6. The van der Waals surface area contributed by atoms with E-state index in [-0.39, 0.29) is 39.0 Å². The van der Waals surface area contributed by atoms with Gasteiger partial charge in [0.1, 0.15) is 11.2 Å². The third kappa shape index (κ3) is 17.7.